The van der Waals surface area contributed by atoms with Gasteiger partial charge in [-0.1, -0.05) is 19.1 Å². The Bertz CT molecular complexity index is 814. The van der Waals surface area contributed by atoms with Crippen molar-refractivity contribution >= 4 is 11.8 Å². The Hall–Kier alpha value is -2.96. The van der Waals surface area contributed by atoms with Crippen LogP contribution in [0.5, 0.6) is 11.5 Å². The summed E-state index contributed by atoms with van der Waals surface area (Å²) in [6.45, 7) is 5.53. The van der Waals surface area contributed by atoms with Crippen molar-refractivity contribution in [1.82, 2.24) is 10.3 Å². The van der Waals surface area contributed by atoms with Gasteiger partial charge in [-0.15, -0.1) is 0 Å². The number of rotatable bonds is 7. The van der Waals surface area contributed by atoms with Crippen molar-refractivity contribution in [2.75, 3.05) is 32.2 Å². The van der Waals surface area contributed by atoms with Crippen LogP contribution in [0.1, 0.15) is 30.9 Å². The molecule has 2 aromatic rings. The molecule has 0 atom stereocenters. The minimum absolute atomic E-state index is 0.397. The first-order valence-corrected chi connectivity index (χ1v) is 10.0. The highest BCUT2D eigenvalue weighted by Crippen LogP contribution is 2.27. The summed E-state index contributed by atoms with van der Waals surface area (Å²) < 4.78 is 10.6. The highest BCUT2D eigenvalue weighted by molar-refractivity contribution is 5.77. The van der Waals surface area contributed by atoms with Gasteiger partial charge >= 0.3 is 0 Å². The Morgan fingerprint density at radius 2 is 1.86 bits per heavy atom. The zero-order chi connectivity index (χ0) is 20.6. The number of aliphatic imine (C=N–C) groups is 1. The molecule has 0 aliphatic carbocycles. The number of methoxy groups -OCH3 is 2. The van der Waals surface area contributed by atoms with Crippen LogP contribution in [0.15, 0.2) is 41.5 Å². The van der Waals surface area contributed by atoms with E-state index in [0.717, 1.165) is 36.0 Å². The SMILES string of the molecule is COc1ccc(CNC(N)=NCc2ccc(N3CCC(C)CC3)nc2)cc1OC. The van der Waals surface area contributed by atoms with Crippen LogP contribution in [-0.4, -0.2) is 38.3 Å². The molecule has 1 aromatic carbocycles. The Labute approximate surface area is 172 Å². The van der Waals surface area contributed by atoms with Crippen molar-refractivity contribution in [3.63, 3.8) is 0 Å². The molecule has 156 valence electrons. The van der Waals surface area contributed by atoms with E-state index in [1.807, 2.05) is 24.4 Å². The van der Waals surface area contributed by atoms with E-state index < -0.39 is 0 Å². The molecule has 0 spiro atoms. The normalized spacial score (nSPS) is 15.3. The number of anilines is 1. The van der Waals surface area contributed by atoms with E-state index in [4.69, 9.17) is 15.2 Å². The van der Waals surface area contributed by atoms with Crippen LogP contribution in [0.3, 0.4) is 0 Å². The molecular formula is C22H31N5O2. The minimum Gasteiger partial charge on any atom is -0.493 e. The molecule has 3 rings (SSSR count). The van der Waals surface area contributed by atoms with Gasteiger partial charge in [0.25, 0.3) is 0 Å². The molecule has 0 saturated carbocycles. The largest absolute Gasteiger partial charge is 0.493 e. The number of pyridine rings is 1. The standard InChI is InChI=1S/C22H31N5O2/c1-16-8-10-27(11-9-16)21-7-5-18(14-24-21)15-26-22(23)25-13-17-4-6-19(28-2)20(12-17)29-3/h4-7,12,14,16H,8-11,13,15H2,1-3H3,(H3,23,25,26). The van der Waals surface area contributed by atoms with E-state index in [0.29, 0.717) is 30.5 Å². The van der Waals surface area contributed by atoms with Crippen LogP contribution in [0.2, 0.25) is 0 Å². The lowest BCUT2D eigenvalue weighted by Crippen LogP contribution is -2.33. The summed E-state index contributed by atoms with van der Waals surface area (Å²) in [5.41, 5.74) is 8.08. The van der Waals surface area contributed by atoms with Gasteiger partial charge in [-0.2, -0.15) is 0 Å². The number of nitrogens with two attached hydrogens (primary N) is 1. The van der Waals surface area contributed by atoms with Gasteiger partial charge in [0.1, 0.15) is 5.82 Å². The summed E-state index contributed by atoms with van der Waals surface area (Å²) in [6, 6.07) is 9.91. The van der Waals surface area contributed by atoms with Crippen molar-refractivity contribution < 1.29 is 9.47 Å². The molecule has 0 radical (unpaired) electrons. The monoisotopic (exact) mass is 397 g/mol. The maximum Gasteiger partial charge on any atom is 0.189 e. The third-order valence-corrected chi connectivity index (χ3v) is 5.27. The van der Waals surface area contributed by atoms with E-state index in [2.05, 4.69) is 39.2 Å². The highest BCUT2D eigenvalue weighted by atomic mass is 16.5. The van der Waals surface area contributed by atoms with Crippen LogP contribution in [0.25, 0.3) is 0 Å². The number of piperidine rings is 1. The third kappa shape index (κ3) is 5.76. The molecule has 1 aliphatic rings. The summed E-state index contributed by atoms with van der Waals surface area (Å²) in [4.78, 5) is 11.4. The molecule has 2 heterocycles. The lowest BCUT2D eigenvalue weighted by atomic mass is 9.99. The number of nitrogens with zero attached hydrogens (tertiary/aromatic N) is 3. The lowest BCUT2D eigenvalue weighted by molar-refractivity contribution is 0.354. The van der Waals surface area contributed by atoms with Crippen LogP contribution in [0, 0.1) is 5.92 Å². The summed E-state index contributed by atoms with van der Waals surface area (Å²) >= 11 is 0. The molecule has 7 nitrogen and oxygen atoms in total. The molecule has 0 bridgehead atoms. The van der Waals surface area contributed by atoms with E-state index in [-0.39, 0.29) is 0 Å². The fourth-order valence-corrected chi connectivity index (χ4v) is 3.35. The van der Waals surface area contributed by atoms with E-state index in [1.165, 1.54) is 12.8 Å². The first kappa shape index (κ1) is 20.8. The average Bonchev–Trinajstić information content (AvgIpc) is 2.77. The zero-order valence-electron chi connectivity index (χ0n) is 17.5. The Morgan fingerprint density at radius 1 is 1.14 bits per heavy atom. The van der Waals surface area contributed by atoms with Crippen molar-refractivity contribution in [2.45, 2.75) is 32.9 Å². The van der Waals surface area contributed by atoms with Crippen LogP contribution in [-0.2, 0) is 13.1 Å². The summed E-state index contributed by atoms with van der Waals surface area (Å²) in [5.74, 6) is 3.65. The van der Waals surface area contributed by atoms with E-state index in [9.17, 15) is 0 Å². The molecule has 1 fully saturated rings. The van der Waals surface area contributed by atoms with Gasteiger partial charge in [-0.3, -0.25) is 0 Å². The molecule has 0 amide bonds. The van der Waals surface area contributed by atoms with E-state index in [1.54, 1.807) is 14.2 Å². The molecule has 1 aromatic heterocycles. The minimum atomic E-state index is 0.397. The van der Waals surface area contributed by atoms with Gasteiger partial charge < -0.3 is 25.4 Å². The number of hydrogen-bond acceptors (Lipinski definition) is 5. The summed E-state index contributed by atoms with van der Waals surface area (Å²) in [6.07, 6.45) is 4.35. The number of benzene rings is 1. The molecule has 29 heavy (non-hydrogen) atoms. The summed E-state index contributed by atoms with van der Waals surface area (Å²) in [7, 11) is 3.24. The first-order chi connectivity index (χ1) is 14.1. The van der Waals surface area contributed by atoms with E-state index >= 15 is 0 Å². The second-order valence-electron chi connectivity index (χ2n) is 7.44. The van der Waals surface area contributed by atoms with Gasteiger partial charge in [-0.05, 0) is 48.1 Å². The Kier molecular flexibility index (Phi) is 7.16. The number of nitrogens with one attached hydrogen (secondary N) is 1. The fraction of sp³-hybridized carbons (Fsp3) is 0.455. The fourth-order valence-electron chi connectivity index (χ4n) is 3.35. The first-order valence-electron chi connectivity index (χ1n) is 10.0. The second kappa shape index (κ2) is 10.0. The third-order valence-electron chi connectivity index (χ3n) is 5.27. The van der Waals surface area contributed by atoms with Gasteiger partial charge in [-0.25, -0.2) is 9.98 Å². The molecule has 3 N–H and O–H groups in total. The lowest BCUT2D eigenvalue weighted by Gasteiger charge is -2.31. The quantitative estimate of drug-likeness (QED) is 0.552. The van der Waals surface area contributed by atoms with Crippen LogP contribution in [0.4, 0.5) is 5.82 Å². The maximum absolute atomic E-state index is 6.01. The van der Waals surface area contributed by atoms with Gasteiger partial charge in [0.15, 0.2) is 17.5 Å². The second-order valence-corrected chi connectivity index (χ2v) is 7.44. The smallest absolute Gasteiger partial charge is 0.189 e. The number of hydrogen-bond donors (Lipinski definition) is 2. The molecular weight excluding hydrogens is 366 g/mol. The van der Waals surface area contributed by atoms with Crippen molar-refractivity contribution in [2.24, 2.45) is 16.6 Å². The molecule has 7 heteroatoms. The topological polar surface area (TPSA) is 85.0 Å². The van der Waals surface area contributed by atoms with Crippen molar-refractivity contribution in [3.8, 4) is 11.5 Å². The summed E-state index contributed by atoms with van der Waals surface area (Å²) in [5, 5.41) is 3.13. The molecule has 0 unspecified atom stereocenters. The van der Waals surface area contributed by atoms with Crippen LogP contribution < -0.4 is 25.4 Å². The Morgan fingerprint density at radius 3 is 2.52 bits per heavy atom. The van der Waals surface area contributed by atoms with Gasteiger partial charge in [0.2, 0.25) is 0 Å². The van der Waals surface area contributed by atoms with Crippen molar-refractivity contribution in [3.05, 3.63) is 47.7 Å². The average molecular weight is 398 g/mol. The predicted molar refractivity (Wildman–Crippen MR) is 117 cm³/mol. The number of ether oxygens (including phenoxy) is 2. The number of aromatic nitrogens is 1. The molecule has 1 saturated heterocycles. The zero-order valence-corrected chi connectivity index (χ0v) is 17.5. The maximum atomic E-state index is 6.01. The highest BCUT2D eigenvalue weighted by Gasteiger charge is 2.16. The predicted octanol–water partition coefficient (Wildman–Crippen LogP) is 2.94. The van der Waals surface area contributed by atoms with Gasteiger partial charge in [0, 0.05) is 25.8 Å². The number of guanidine groups is 1. The van der Waals surface area contributed by atoms with Crippen molar-refractivity contribution in [1.29, 1.82) is 0 Å². The van der Waals surface area contributed by atoms with Crippen LogP contribution >= 0.6 is 0 Å². The molecule has 1 aliphatic heterocycles. The van der Waals surface area contributed by atoms with Gasteiger partial charge in [0.05, 0.1) is 20.8 Å². The Balaban J connectivity index is 1.50.